The maximum Gasteiger partial charge on any atom is 0.573 e. The van der Waals surface area contributed by atoms with Gasteiger partial charge in [0.15, 0.2) is 11.0 Å². The standard InChI is InChI=1S/C24H17F3N4O3S2/c1-32-19-6-3-2-5-18(19)31-21(20-7-4-12-35-20)29-30-23(31)36-14-16-13-33-22(28-16)15-8-10-17(11-9-15)34-24(25,26)27/h2-13H,14H2,1H3. The Bertz CT molecular complexity index is 1450. The van der Waals surface area contributed by atoms with Gasteiger partial charge in [-0.25, -0.2) is 4.98 Å². The molecule has 0 bridgehead atoms. The number of methoxy groups -OCH3 is 1. The van der Waals surface area contributed by atoms with Crippen molar-refractivity contribution in [3.63, 3.8) is 0 Å². The molecule has 5 rings (SSSR count). The average Bonchev–Trinajstić information content (AvgIpc) is 3.63. The molecule has 7 nitrogen and oxygen atoms in total. The fourth-order valence-electron chi connectivity index (χ4n) is 3.40. The molecule has 0 aliphatic rings. The first-order valence-corrected chi connectivity index (χ1v) is 12.3. The summed E-state index contributed by atoms with van der Waals surface area (Å²) in [6.07, 6.45) is -3.24. The van der Waals surface area contributed by atoms with Crippen molar-refractivity contribution >= 4 is 23.1 Å². The van der Waals surface area contributed by atoms with E-state index in [4.69, 9.17) is 9.15 Å². The molecule has 36 heavy (non-hydrogen) atoms. The van der Waals surface area contributed by atoms with Crippen LogP contribution in [-0.2, 0) is 5.75 Å². The largest absolute Gasteiger partial charge is 0.573 e. The topological polar surface area (TPSA) is 75.2 Å². The number of benzene rings is 2. The van der Waals surface area contributed by atoms with Crippen molar-refractivity contribution in [2.24, 2.45) is 0 Å². The quantitative estimate of drug-likeness (QED) is 0.203. The lowest BCUT2D eigenvalue weighted by atomic mass is 10.2. The molecule has 5 aromatic rings. The number of aromatic nitrogens is 4. The molecule has 0 saturated carbocycles. The van der Waals surface area contributed by atoms with E-state index in [1.54, 1.807) is 18.4 Å². The summed E-state index contributed by atoms with van der Waals surface area (Å²) in [5.74, 6) is 1.77. The zero-order valence-electron chi connectivity index (χ0n) is 18.6. The molecule has 0 fully saturated rings. The second-order valence-electron chi connectivity index (χ2n) is 7.30. The van der Waals surface area contributed by atoms with Gasteiger partial charge < -0.3 is 13.9 Å². The predicted octanol–water partition coefficient (Wildman–Crippen LogP) is 6.85. The van der Waals surface area contributed by atoms with Crippen LogP contribution in [0.4, 0.5) is 13.2 Å². The molecule has 0 radical (unpaired) electrons. The first-order valence-electron chi connectivity index (χ1n) is 10.5. The first-order chi connectivity index (χ1) is 17.4. The zero-order valence-corrected chi connectivity index (χ0v) is 20.2. The summed E-state index contributed by atoms with van der Waals surface area (Å²) in [6.45, 7) is 0. The number of nitrogens with zero attached hydrogens (tertiary/aromatic N) is 4. The Kier molecular flexibility index (Phi) is 6.70. The van der Waals surface area contributed by atoms with Gasteiger partial charge in [0, 0.05) is 11.3 Å². The smallest absolute Gasteiger partial charge is 0.495 e. The first kappa shape index (κ1) is 23.9. The fourth-order valence-corrected chi connectivity index (χ4v) is 4.92. The van der Waals surface area contributed by atoms with E-state index < -0.39 is 6.36 Å². The Morgan fingerprint density at radius 1 is 1.03 bits per heavy atom. The lowest BCUT2D eigenvalue weighted by molar-refractivity contribution is -0.274. The number of oxazole rings is 1. The van der Waals surface area contributed by atoms with E-state index in [1.165, 1.54) is 42.3 Å². The highest BCUT2D eigenvalue weighted by Crippen LogP contribution is 2.35. The molecule has 2 aromatic carbocycles. The van der Waals surface area contributed by atoms with Gasteiger partial charge in [0.1, 0.15) is 17.8 Å². The van der Waals surface area contributed by atoms with Crippen molar-refractivity contribution in [2.75, 3.05) is 7.11 Å². The Hall–Kier alpha value is -3.77. The summed E-state index contributed by atoms with van der Waals surface area (Å²) in [7, 11) is 1.61. The van der Waals surface area contributed by atoms with Crippen molar-refractivity contribution in [2.45, 2.75) is 17.3 Å². The summed E-state index contributed by atoms with van der Waals surface area (Å²) < 4.78 is 54.1. The average molecular weight is 531 g/mol. The number of rotatable bonds is 8. The molecule has 0 amide bonds. The van der Waals surface area contributed by atoms with Crippen LogP contribution in [0.3, 0.4) is 0 Å². The highest BCUT2D eigenvalue weighted by molar-refractivity contribution is 7.98. The molecule has 3 aromatic heterocycles. The number of thiophene rings is 1. The third kappa shape index (κ3) is 5.24. The van der Waals surface area contributed by atoms with Crippen LogP contribution in [0.2, 0.25) is 0 Å². The van der Waals surface area contributed by atoms with Gasteiger partial charge in [-0.3, -0.25) is 4.57 Å². The third-order valence-electron chi connectivity index (χ3n) is 4.94. The van der Waals surface area contributed by atoms with Gasteiger partial charge in [-0.05, 0) is 47.8 Å². The number of hydrogen-bond donors (Lipinski definition) is 0. The van der Waals surface area contributed by atoms with Crippen LogP contribution in [-0.4, -0.2) is 33.2 Å². The van der Waals surface area contributed by atoms with Crippen LogP contribution in [0.15, 0.2) is 81.9 Å². The molecular weight excluding hydrogens is 513 g/mol. The molecule has 0 N–H and O–H groups in total. The van der Waals surface area contributed by atoms with Crippen molar-refractivity contribution in [1.29, 1.82) is 0 Å². The second kappa shape index (κ2) is 10.1. The van der Waals surface area contributed by atoms with Crippen LogP contribution in [0, 0.1) is 0 Å². The molecule has 3 heterocycles. The number of halogens is 3. The number of alkyl halides is 3. The number of para-hydroxylation sites is 2. The van der Waals surface area contributed by atoms with Crippen LogP contribution in [0.25, 0.3) is 27.8 Å². The van der Waals surface area contributed by atoms with E-state index in [-0.39, 0.29) is 11.6 Å². The van der Waals surface area contributed by atoms with Crippen LogP contribution in [0.1, 0.15) is 5.69 Å². The lowest BCUT2D eigenvalue weighted by Crippen LogP contribution is -2.16. The molecule has 0 aliphatic heterocycles. The van der Waals surface area contributed by atoms with E-state index in [9.17, 15) is 13.2 Å². The highest BCUT2D eigenvalue weighted by Gasteiger charge is 2.31. The summed E-state index contributed by atoms with van der Waals surface area (Å²) >= 11 is 2.98. The van der Waals surface area contributed by atoms with Gasteiger partial charge in [0.2, 0.25) is 5.89 Å². The van der Waals surface area contributed by atoms with Crippen molar-refractivity contribution in [1.82, 2.24) is 19.7 Å². The Labute approximate surface area is 211 Å². The Balaban J connectivity index is 1.37. The van der Waals surface area contributed by atoms with Crippen LogP contribution < -0.4 is 9.47 Å². The van der Waals surface area contributed by atoms with E-state index in [2.05, 4.69) is 19.9 Å². The van der Waals surface area contributed by atoms with Crippen LogP contribution in [0.5, 0.6) is 11.5 Å². The number of thioether (sulfide) groups is 1. The number of ether oxygens (including phenoxy) is 2. The minimum absolute atomic E-state index is 0.287. The third-order valence-corrected chi connectivity index (χ3v) is 6.77. The lowest BCUT2D eigenvalue weighted by Gasteiger charge is -2.13. The van der Waals surface area contributed by atoms with Crippen molar-refractivity contribution in [3.05, 3.63) is 78.0 Å². The maximum atomic E-state index is 12.4. The monoisotopic (exact) mass is 530 g/mol. The van der Waals surface area contributed by atoms with Gasteiger partial charge in [0.05, 0.1) is 23.4 Å². The van der Waals surface area contributed by atoms with E-state index in [1.807, 2.05) is 46.3 Å². The Morgan fingerprint density at radius 2 is 1.83 bits per heavy atom. The predicted molar refractivity (Wildman–Crippen MR) is 129 cm³/mol. The fraction of sp³-hybridized carbons (Fsp3) is 0.125. The van der Waals surface area contributed by atoms with E-state index >= 15 is 0 Å². The molecular formula is C24H17F3N4O3S2. The maximum absolute atomic E-state index is 12.4. The molecule has 0 atom stereocenters. The highest BCUT2D eigenvalue weighted by atomic mass is 32.2. The van der Waals surface area contributed by atoms with Gasteiger partial charge >= 0.3 is 6.36 Å². The van der Waals surface area contributed by atoms with Gasteiger partial charge in [0.25, 0.3) is 0 Å². The molecule has 0 saturated heterocycles. The van der Waals surface area contributed by atoms with Crippen molar-refractivity contribution in [3.8, 4) is 39.3 Å². The molecule has 0 aliphatic carbocycles. The van der Waals surface area contributed by atoms with E-state index in [0.717, 1.165) is 10.6 Å². The Morgan fingerprint density at radius 3 is 2.56 bits per heavy atom. The minimum Gasteiger partial charge on any atom is -0.495 e. The van der Waals surface area contributed by atoms with E-state index in [0.29, 0.717) is 33.7 Å². The number of hydrogen-bond acceptors (Lipinski definition) is 8. The van der Waals surface area contributed by atoms with Gasteiger partial charge in [-0.1, -0.05) is 30.0 Å². The summed E-state index contributed by atoms with van der Waals surface area (Å²) in [5, 5.41) is 11.4. The zero-order chi connectivity index (χ0) is 25.1. The normalized spacial score (nSPS) is 11.6. The molecule has 0 unspecified atom stereocenters. The van der Waals surface area contributed by atoms with Gasteiger partial charge in [-0.15, -0.1) is 34.7 Å². The van der Waals surface area contributed by atoms with Crippen LogP contribution >= 0.6 is 23.1 Å². The summed E-state index contributed by atoms with van der Waals surface area (Å²) in [6, 6.07) is 16.9. The molecule has 0 spiro atoms. The molecule has 12 heteroatoms. The SMILES string of the molecule is COc1ccccc1-n1c(SCc2coc(-c3ccc(OC(F)(F)F)cc3)n2)nnc1-c1cccs1. The minimum atomic E-state index is -4.75. The van der Waals surface area contributed by atoms with Gasteiger partial charge in [-0.2, -0.15) is 0 Å². The summed E-state index contributed by atoms with van der Waals surface area (Å²) in [4.78, 5) is 5.42. The second-order valence-corrected chi connectivity index (χ2v) is 9.19. The van der Waals surface area contributed by atoms with Crippen molar-refractivity contribution < 1.29 is 27.1 Å². The molecule has 184 valence electrons. The summed E-state index contributed by atoms with van der Waals surface area (Å²) in [5.41, 5.74) is 1.97.